The molecule has 1 aliphatic heterocycles. The lowest BCUT2D eigenvalue weighted by Gasteiger charge is -2.59. The molecule has 10 nitrogen and oxygen atoms in total. The van der Waals surface area contributed by atoms with E-state index in [4.69, 9.17) is 38.9 Å². The third-order valence-corrected chi connectivity index (χ3v) is 7.71. The van der Waals surface area contributed by atoms with Gasteiger partial charge in [-0.05, 0) is 96.9 Å². The number of benzene rings is 1. The van der Waals surface area contributed by atoms with Crippen molar-refractivity contribution in [2.75, 3.05) is 56.9 Å². The first-order valence-electron chi connectivity index (χ1n) is 15.2. The Morgan fingerprint density at radius 3 is 1.78 bits per heavy atom. The molecular weight excluding hydrogens is 528 g/mol. The van der Waals surface area contributed by atoms with Crippen LogP contribution in [0.25, 0.3) is 0 Å². The molecule has 238 valence electrons. The number of rotatable bonds is 18. The normalized spacial score (nSPS) is 19.0. The fraction of sp³-hybridized carbons (Fsp3) is 0.806. The SMILES string of the molecule is CCOC(COC(O)(OCC)C(OCC)(OCC)N1c2cc(C(C)C)c(N)cc2CC(C)C1(C)C)(OCC)OCC. The Labute approximate surface area is 247 Å². The van der Waals surface area contributed by atoms with Gasteiger partial charge >= 0.3 is 17.9 Å². The quantitative estimate of drug-likeness (QED) is 0.173. The van der Waals surface area contributed by atoms with Crippen LogP contribution in [0, 0.1) is 5.92 Å². The van der Waals surface area contributed by atoms with Gasteiger partial charge in [-0.15, -0.1) is 0 Å². The summed E-state index contributed by atoms with van der Waals surface area (Å²) in [6.07, 6.45) is 0.784. The molecule has 0 radical (unpaired) electrons. The van der Waals surface area contributed by atoms with Gasteiger partial charge in [0.2, 0.25) is 0 Å². The molecule has 0 saturated heterocycles. The van der Waals surface area contributed by atoms with Crippen molar-refractivity contribution in [2.45, 2.75) is 112 Å². The monoisotopic (exact) mass is 584 g/mol. The molecular formula is C31H56N2O8. The zero-order valence-electron chi connectivity index (χ0n) is 27.3. The molecule has 2 rings (SSSR count). The van der Waals surface area contributed by atoms with Crippen molar-refractivity contribution < 1.29 is 38.3 Å². The highest BCUT2D eigenvalue weighted by atomic mass is 16.9. The van der Waals surface area contributed by atoms with Crippen LogP contribution in [0.15, 0.2) is 12.1 Å². The second-order valence-corrected chi connectivity index (χ2v) is 11.1. The van der Waals surface area contributed by atoms with Crippen LogP contribution >= 0.6 is 0 Å². The van der Waals surface area contributed by atoms with E-state index in [9.17, 15) is 5.11 Å². The number of nitrogens with zero attached hydrogens (tertiary/aromatic N) is 1. The summed E-state index contributed by atoms with van der Waals surface area (Å²) in [5.41, 5.74) is 9.51. The Bertz CT molecular complexity index is 933. The van der Waals surface area contributed by atoms with Crippen molar-refractivity contribution in [1.29, 1.82) is 0 Å². The number of fused-ring (bicyclic) bond motifs is 1. The molecule has 10 heteroatoms. The van der Waals surface area contributed by atoms with Gasteiger partial charge in [0.15, 0.2) is 0 Å². The minimum absolute atomic E-state index is 0.0962. The zero-order chi connectivity index (χ0) is 31.1. The number of anilines is 2. The molecule has 0 aromatic heterocycles. The fourth-order valence-electron chi connectivity index (χ4n) is 5.59. The Morgan fingerprint density at radius 2 is 1.34 bits per heavy atom. The summed E-state index contributed by atoms with van der Waals surface area (Å²) in [6.45, 7) is 22.6. The standard InChI is InChI=1S/C31H56N2O8/c1-12-35-29(36-13-2,37-14-3)21-41-31(34,40-17-6)30(38-15-4,39-16-5)33-27-20-25(22(7)8)26(32)19-24(27)18-23(9)28(33,10)11/h19-20,22-23,34H,12-18,21,32H2,1-11H3. The number of hydrogen-bond acceptors (Lipinski definition) is 10. The van der Waals surface area contributed by atoms with Crippen molar-refractivity contribution >= 4 is 11.4 Å². The second-order valence-electron chi connectivity index (χ2n) is 11.1. The van der Waals surface area contributed by atoms with Gasteiger partial charge in [0.1, 0.15) is 6.61 Å². The largest absolute Gasteiger partial charge is 0.398 e. The second kappa shape index (κ2) is 14.8. The lowest BCUT2D eigenvalue weighted by Crippen LogP contribution is -2.76. The molecule has 0 aliphatic carbocycles. The summed E-state index contributed by atoms with van der Waals surface area (Å²) < 4.78 is 43.0. The van der Waals surface area contributed by atoms with E-state index in [0.717, 1.165) is 28.9 Å². The summed E-state index contributed by atoms with van der Waals surface area (Å²) in [7, 11) is 0. The minimum Gasteiger partial charge on any atom is -0.398 e. The smallest absolute Gasteiger partial charge is 0.361 e. The van der Waals surface area contributed by atoms with Crippen LogP contribution in [0.2, 0.25) is 0 Å². The first-order chi connectivity index (χ1) is 19.3. The molecule has 2 atom stereocenters. The van der Waals surface area contributed by atoms with Gasteiger partial charge in [0.25, 0.3) is 0 Å². The van der Waals surface area contributed by atoms with E-state index in [1.165, 1.54) is 0 Å². The van der Waals surface area contributed by atoms with Crippen LogP contribution in [-0.2, 0) is 39.6 Å². The molecule has 3 N–H and O–H groups in total. The number of aliphatic hydroxyl groups is 1. The molecule has 0 saturated carbocycles. The van der Waals surface area contributed by atoms with E-state index in [1.54, 1.807) is 6.92 Å². The van der Waals surface area contributed by atoms with E-state index in [-0.39, 0.29) is 38.3 Å². The predicted molar refractivity (Wildman–Crippen MR) is 160 cm³/mol. The summed E-state index contributed by atoms with van der Waals surface area (Å²) >= 11 is 0. The molecule has 1 aromatic rings. The Hall–Kier alpha value is -1.50. The Morgan fingerprint density at radius 1 is 0.854 bits per heavy atom. The average Bonchev–Trinajstić information content (AvgIpc) is 2.88. The molecule has 0 fully saturated rings. The third kappa shape index (κ3) is 7.18. The maximum atomic E-state index is 12.6. The molecule has 1 heterocycles. The van der Waals surface area contributed by atoms with Crippen LogP contribution in [0.1, 0.15) is 93.2 Å². The zero-order valence-corrected chi connectivity index (χ0v) is 27.3. The van der Waals surface area contributed by atoms with Crippen LogP contribution in [-0.4, -0.2) is 74.8 Å². The lowest BCUT2D eigenvalue weighted by molar-refractivity contribution is -0.508. The lowest BCUT2D eigenvalue weighted by atomic mass is 9.76. The first-order valence-corrected chi connectivity index (χ1v) is 15.2. The van der Waals surface area contributed by atoms with Gasteiger partial charge < -0.3 is 48.9 Å². The highest BCUT2D eigenvalue weighted by Crippen LogP contribution is 2.50. The van der Waals surface area contributed by atoms with Gasteiger partial charge in [0.05, 0.1) is 0 Å². The van der Waals surface area contributed by atoms with E-state index >= 15 is 0 Å². The van der Waals surface area contributed by atoms with Gasteiger partial charge in [0, 0.05) is 56.6 Å². The van der Waals surface area contributed by atoms with E-state index in [2.05, 4.69) is 40.7 Å². The minimum atomic E-state index is -2.45. The third-order valence-electron chi connectivity index (χ3n) is 7.71. The van der Waals surface area contributed by atoms with Gasteiger partial charge in [-0.3, -0.25) is 0 Å². The van der Waals surface area contributed by atoms with E-state index < -0.39 is 23.4 Å². The van der Waals surface area contributed by atoms with Gasteiger partial charge in [-0.1, -0.05) is 20.8 Å². The van der Waals surface area contributed by atoms with Crippen molar-refractivity contribution in [3.63, 3.8) is 0 Å². The molecule has 1 aromatic carbocycles. The van der Waals surface area contributed by atoms with Crippen LogP contribution in [0.5, 0.6) is 0 Å². The maximum Gasteiger partial charge on any atom is 0.361 e. The van der Waals surface area contributed by atoms with E-state index in [1.807, 2.05) is 45.6 Å². The number of ether oxygens (including phenoxy) is 7. The Balaban J connectivity index is 2.88. The number of hydrogen-bond donors (Lipinski definition) is 2. The highest BCUT2D eigenvalue weighted by molar-refractivity contribution is 5.68. The number of nitrogens with two attached hydrogens (primary N) is 1. The topological polar surface area (TPSA) is 114 Å². The van der Waals surface area contributed by atoms with Crippen molar-refractivity contribution in [2.24, 2.45) is 5.92 Å². The molecule has 0 spiro atoms. The summed E-state index contributed by atoms with van der Waals surface area (Å²) in [5, 5.41) is 12.6. The van der Waals surface area contributed by atoms with Crippen LogP contribution in [0.4, 0.5) is 11.4 Å². The maximum absolute atomic E-state index is 12.6. The summed E-state index contributed by atoms with van der Waals surface area (Å²) in [5.74, 6) is -5.69. The molecule has 1 aliphatic rings. The van der Waals surface area contributed by atoms with Crippen LogP contribution < -0.4 is 10.6 Å². The highest BCUT2D eigenvalue weighted by Gasteiger charge is 2.66. The van der Waals surface area contributed by atoms with Crippen LogP contribution in [0.3, 0.4) is 0 Å². The van der Waals surface area contributed by atoms with Crippen molar-refractivity contribution in [3.05, 3.63) is 23.3 Å². The van der Waals surface area contributed by atoms with E-state index in [0.29, 0.717) is 19.8 Å². The van der Waals surface area contributed by atoms with Crippen molar-refractivity contribution in [3.8, 4) is 0 Å². The van der Waals surface area contributed by atoms with Gasteiger partial charge in [-0.2, -0.15) is 0 Å². The summed E-state index contributed by atoms with van der Waals surface area (Å²) in [4.78, 5) is 1.97. The molecule has 2 unspecified atom stereocenters. The Kier molecular flexibility index (Phi) is 12.9. The number of nitrogen functional groups attached to an aromatic ring is 1. The average molecular weight is 585 g/mol. The molecule has 0 bridgehead atoms. The molecule has 41 heavy (non-hydrogen) atoms. The van der Waals surface area contributed by atoms with Crippen molar-refractivity contribution in [1.82, 2.24) is 0 Å². The summed E-state index contributed by atoms with van der Waals surface area (Å²) in [6, 6.07) is 4.10. The molecule has 0 amide bonds. The predicted octanol–water partition coefficient (Wildman–Crippen LogP) is 5.36. The van der Waals surface area contributed by atoms with Gasteiger partial charge in [-0.25, -0.2) is 0 Å². The fourth-order valence-corrected chi connectivity index (χ4v) is 5.59. The first kappa shape index (κ1) is 35.7.